The van der Waals surface area contributed by atoms with E-state index in [1.54, 1.807) is 94.8 Å². The Morgan fingerprint density at radius 1 is 0.554 bits per heavy atom. The Labute approximate surface area is 361 Å². The molecule has 0 heterocycles. The molecule has 0 fully saturated rings. The molecular formula is C38H42O10S8. The maximum Gasteiger partial charge on any atom is 0.331 e. The van der Waals surface area contributed by atoms with Gasteiger partial charge in [-0.05, 0) is 73.9 Å². The van der Waals surface area contributed by atoms with E-state index in [-0.39, 0.29) is 13.2 Å². The molecule has 10 nitrogen and oxygen atoms in total. The van der Waals surface area contributed by atoms with Crippen molar-refractivity contribution in [3.63, 3.8) is 0 Å². The fourth-order valence-electron chi connectivity index (χ4n) is 4.53. The maximum absolute atomic E-state index is 12.6. The molecule has 0 aliphatic heterocycles. The first-order chi connectivity index (χ1) is 26.9. The minimum Gasteiger partial charge on any atom is -0.490 e. The third-order valence-corrected chi connectivity index (χ3v) is 14.6. The van der Waals surface area contributed by atoms with Crippen LogP contribution in [0.15, 0.2) is 112 Å². The number of carboxylic acids is 2. The molecule has 0 aromatic heterocycles. The van der Waals surface area contributed by atoms with Gasteiger partial charge in [0.2, 0.25) is 0 Å². The van der Waals surface area contributed by atoms with Gasteiger partial charge in [-0.1, -0.05) is 6.07 Å². The zero-order valence-electron chi connectivity index (χ0n) is 31.3. The largest absolute Gasteiger partial charge is 0.490 e. The average molecular weight is 915 g/mol. The number of carbonyl (C=O) groups excluding carboxylic acids is 2. The van der Waals surface area contributed by atoms with Crippen molar-refractivity contribution in [1.82, 2.24) is 0 Å². The van der Waals surface area contributed by atoms with Gasteiger partial charge in [0, 0.05) is 81.0 Å². The van der Waals surface area contributed by atoms with E-state index in [0.717, 1.165) is 63.5 Å². The highest BCUT2D eigenvalue weighted by atomic mass is 32.2. The first kappa shape index (κ1) is 47.8. The second-order valence-corrected chi connectivity index (χ2v) is 18.1. The number of benzene rings is 3. The monoisotopic (exact) mass is 914 g/mol. The number of rotatable bonds is 24. The topological polar surface area (TPSA) is 146 Å². The van der Waals surface area contributed by atoms with Crippen molar-refractivity contribution in [2.45, 2.75) is 51.4 Å². The molecule has 3 aromatic rings. The van der Waals surface area contributed by atoms with Crippen molar-refractivity contribution in [2.24, 2.45) is 0 Å². The van der Waals surface area contributed by atoms with Crippen molar-refractivity contribution in [3.8, 4) is 11.5 Å². The van der Waals surface area contributed by atoms with Crippen molar-refractivity contribution in [2.75, 3.05) is 62.3 Å². The predicted molar refractivity (Wildman–Crippen MR) is 236 cm³/mol. The SMILES string of the molecule is CSc1cc(SC)c(SCC(COc2cccc(OCC(CSc3c(SC)cc(SC)cc3SC)OC(=O)C=CC(=O)O)c2)OC(=O)C=CC(=O)O)c(SC)c1. The summed E-state index contributed by atoms with van der Waals surface area (Å²) in [5, 5.41) is 18.0. The molecule has 302 valence electrons. The number of esters is 2. The van der Waals surface area contributed by atoms with Gasteiger partial charge in [-0.15, -0.1) is 94.1 Å². The third-order valence-electron chi connectivity index (χ3n) is 7.13. The minimum atomic E-state index is -1.27. The number of aliphatic carboxylic acids is 2. The standard InChI is InChI=1S/C38H42O10S8/c1-49-27-15-29(51-3)37(30(16-27)52-4)55-21-25(47-35(43)12-10-33(39)40)19-45-23-8-7-9-24(14-23)46-20-26(48-36(44)13-11-34(41)42)22-56-38-31(53-5)17-28(50-2)18-32(38)54-6/h7-18,25-26H,19-22H2,1-6H3,(H,39,40)(H,41,42). The van der Waals surface area contributed by atoms with Crippen molar-refractivity contribution in [1.29, 1.82) is 0 Å². The Morgan fingerprint density at radius 2 is 0.911 bits per heavy atom. The van der Waals surface area contributed by atoms with Gasteiger partial charge in [0.05, 0.1) is 0 Å². The second-order valence-electron chi connectivity index (χ2n) is 10.9. The molecule has 3 aromatic carbocycles. The summed E-state index contributed by atoms with van der Waals surface area (Å²) in [5.74, 6) is -2.64. The maximum atomic E-state index is 12.6. The summed E-state index contributed by atoms with van der Waals surface area (Å²) < 4.78 is 23.5. The molecule has 0 bridgehead atoms. The van der Waals surface area contributed by atoms with Crippen molar-refractivity contribution >= 4 is 118 Å². The van der Waals surface area contributed by atoms with Gasteiger partial charge in [0.1, 0.15) is 36.9 Å². The van der Waals surface area contributed by atoms with E-state index < -0.39 is 36.1 Å². The first-order valence-electron chi connectivity index (χ1n) is 16.4. The van der Waals surface area contributed by atoms with E-state index in [1.165, 1.54) is 23.5 Å². The summed E-state index contributed by atoms with van der Waals surface area (Å²) in [6.07, 6.45) is 13.8. The lowest BCUT2D eigenvalue weighted by atomic mass is 10.3. The van der Waals surface area contributed by atoms with E-state index in [1.807, 2.05) is 37.5 Å². The molecule has 0 aliphatic rings. The molecule has 0 aliphatic carbocycles. The summed E-state index contributed by atoms with van der Waals surface area (Å²) in [5.41, 5.74) is 0. The number of thioether (sulfide) groups is 8. The Kier molecular flexibility index (Phi) is 21.9. The number of carbonyl (C=O) groups is 4. The van der Waals surface area contributed by atoms with Gasteiger partial charge in [-0.3, -0.25) is 0 Å². The zero-order chi connectivity index (χ0) is 41.0. The van der Waals surface area contributed by atoms with Gasteiger partial charge < -0.3 is 29.2 Å². The van der Waals surface area contributed by atoms with Crippen LogP contribution in [0.5, 0.6) is 11.5 Å². The number of ether oxygens (including phenoxy) is 4. The van der Waals surface area contributed by atoms with E-state index in [0.29, 0.717) is 23.0 Å². The lowest BCUT2D eigenvalue weighted by Gasteiger charge is -2.21. The molecule has 0 amide bonds. The molecule has 18 heteroatoms. The van der Waals surface area contributed by atoms with Crippen molar-refractivity contribution < 1.29 is 48.3 Å². The summed E-state index contributed by atoms with van der Waals surface area (Å²) in [6, 6.07) is 15.3. The molecule has 56 heavy (non-hydrogen) atoms. The molecule has 0 saturated heterocycles. The van der Waals surface area contributed by atoms with Gasteiger partial charge in [-0.2, -0.15) is 0 Å². The molecule has 2 atom stereocenters. The minimum absolute atomic E-state index is 0.0349. The Morgan fingerprint density at radius 3 is 1.21 bits per heavy atom. The van der Waals surface area contributed by atoms with Crippen LogP contribution in [-0.2, 0) is 28.7 Å². The Bertz CT molecular complexity index is 1690. The van der Waals surface area contributed by atoms with Crippen LogP contribution in [0.4, 0.5) is 0 Å². The van der Waals surface area contributed by atoms with E-state index >= 15 is 0 Å². The smallest absolute Gasteiger partial charge is 0.331 e. The number of hydrogen-bond acceptors (Lipinski definition) is 16. The third kappa shape index (κ3) is 16.3. The fourth-order valence-corrected chi connectivity index (χ4v) is 11.6. The normalized spacial score (nSPS) is 12.4. The molecule has 0 spiro atoms. The Hall–Kier alpha value is -2.58. The lowest BCUT2D eigenvalue weighted by molar-refractivity contribution is -0.144. The van der Waals surface area contributed by atoms with E-state index in [9.17, 15) is 19.2 Å². The Balaban J connectivity index is 1.78. The highest BCUT2D eigenvalue weighted by Gasteiger charge is 2.21. The number of hydrogen-bond donors (Lipinski definition) is 2. The second kappa shape index (κ2) is 25.7. The van der Waals surface area contributed by atoms with Crippen LogP contribution in [0.25, 0.3) is 0 Å². The van der Waals surface area contributed by atoms with Crippen LogP contribution >= 0.6 is 94.1 Å². The van der Waals surface area contributed by atoms with Crippen LogP contribution in [0, 0.1) is 0 Å². The summed E-state index contributed by atoms with van der Waals surface area (Å²) in [6.45, 7) is -0.0697. The first-order valence-corrected chi connectivity index (χ1v) is 25.7. The van der Waals surface area contributed by atoms with Crippen LogP contribution in [-0.4, -0.2) is 109 Å². The fraction of sp³-hybridized carbons (Fsp3) is 0.316. The molecule has 3 rings (SSSR count). The molecular weight excluding hydrogens is 873 g/mol. The lowest BCUT2D eigenvalue weighted by Crippen LogP contribution is -2.27. The molecule has 0 radical (unpaired) electrons. The molecule has 2 N–H and O–H groups in total. The average Bonchev–Trinajstić information content (AvgIpc) is 3.20. The number of carboxylic acid groups (broad SMARTS) is 2. The summed E-state index contributed by atoms with van der Waals surface area (Å²) in [4.78, 5) is 55.9. The van der Waals surface area contributed by atoms with Gasteiger partial charge in [-0.25, -0.2) is 19.2 Å². The zero-order valence-corrected chi connectivity index (χ0v) is 37.9. The highest BCUT2D eigenvalue weighted by molar-refractivity contribution is 8.04. The molecule has 2 unspecified atom stereocenters. The van der Waals surface area contributed by atoms with Gasteiger partial charge in [0.15, 0.2) is 0 Å². The van der Waals surface area contributed by atoms with Crippen LogP contribution < -0.4 is 9.47 Å². The van der Waals surface area contributed by atoms with Gasteiger partial charge >= 0.3 is 23.9 Å². The van der Waals surface area contributed by atoms with E-state index in [4.69, 9.17) is 29.2 Å². The van der Waals surface area contributed by atoms with Crippen LogP contribution in [0.1, 0.15) is 0 Å². The van der Waals surface area contributed by atoms with Gasteiger partial charge in [0.25, 0.3) is 0 Å². The predicted octanol–water partition coefficient (Wildman–Crippen LogP) is 9.47. The summed E-state index contributed by atoms with van der Waals surface area (Å²) in [7, 11) is 0. The van der Waals surface area contributed by atoms with E-state index in [2.05, 4.69) is 24.3 Å². The summed E-state index contributed by atoms with van der Waals surface area (Å²) >= 11 is 12.9. The highest BCUT2D eigenvalue weighted by Crippen LogP contribution is 2.42. The van der Waals surface area contributed by atoms with Crippen LogP contribution in [0.2, 0.25) is 0 Å². The van der Waals surface area contributed by atoms with Crippen LogP contribution in [0.3, 0.4) is 0 Å². The van der Waals surface area contributed by atoms with Crippen molar-refractivity contribution in [3.05, 3.63) is 72.8 Å². The quantitative estimate of drug-likeness (QED) is 0.0499. The molecule has 0 saturated carbocycles.